The smallest absolute Gasteiger partial charge is 0.243 e. The number of amides is 2. The van der Waals surface area contributed by atoms with Crippen molar-refractivity contribution < 1.29 is 18.0 Å². The SMILES string of the molecule is CCC(C)NC(=O)C(Cc1ccccc1)N(Cc1ccc(Cl)c(Cl)c1)C(=O)CCCN(C)S(=O)(=O)c1ccccc1. The van der Waals surface area contributed by atoms with Crippen LogP contribution in [0, 0.1) is 0 Å². The van der Waals surface area contributed by atoms with E-state index in [4.69, 9.17) is 23.2 Å². The first-order valence-corrected chi connectivity index (χ1v) is 15.8. The van der Waals surface area contributed by atoms with E-state index < -0.39 is 16.1 Å². The molecule has 0 bridgehead atoms. The van der Waals surface area contributed by atoms with E-state index in [2.05, 4.69) is 5.32 Å². The van der Waals surface area contributed by atoms with Crippen LogP contribution in [0.3, 0.4) is 0 Å². The van der Waals surface area contributed by atoms with Crippen molar-refractivity contribution in [3.8, 4) is 0 Å². The van der Waals surface area contributed by atoms with Gasteiger partial charge in [0.2, 0.25) is 21.8 Å². The van der Waals surface area contributed by atoms with Gasteiger partial charge in [-0.2, -0.15) is 0 Å². The van der Waals surface area contributed by atoms with Crippen LogP contribution >= 0.6 is 23.2 Å². The molecule has 0 fully saturated rings. The van der Waals surface area contributed by atoms with Crippen LogP contribution in [-0.4, -0.2) is 55.1 Å². The van der Waals surface area contributed by atoms with E-state index in [1.807, 2.05) is 44.2 Å². The van der Waals surface area contributed by atoms with Crippen LogP contribution < -0.4 is 5.32 Å². The van der Waals surface area contributed by atoms with Gasteiger partial charge in [0.1, 0.15) is 6.04 Å². The molecule has 2 unspecified atom stereocenters. The topological polar surface area (TPSA) is 86.8 Å². The van der Waals surface area contributed by atoms with Crippen LogP contribution in [0.5, 0.6) is 0 Å². The number of carbonyl (C=O) groups excluding carboxylic acids is 2. The highest BCUT2D eigenvalue weighted by molar-refractivity contribution is 7.89. The van der Waals surface area contributed by atoms with Gasteiger partial charge in [0, 0.05) is 39.0 Å². The third-order valence-corrected chi connectivity index (χ3v) is 9.53. The zero-order valence-corrected chi connectivity index (χ0v) is 25.9. The van der Waals surface area contributed by atoms with Crippen molar-refractivity contribution in [2.45, 2.75) is 63.1 Å². The third kappa shape index (κ3) is 9.30. The summed E-state index contributed by atoms with van der Waals surface area (Å²) in [5.74, 6) is -0.512. The Labute approximate surface area is 253 Å². The molecule has 2 atom stereocenters. The molecule has 220 valence electrons. The number of carbonyl (C=O) groups is 2. The van der Waals surface area contributed by atoms with Crippen LogP contribution in [0.4, 0.5) is 0 Å². The first-order chi connectivity index (χ1) is 19.5. The molecular weight excluding hydrogens is 581 g/mol. The average Bonchev–Trinajstić information content (AvgIpc) is 2.97. The monoisotopic (exact) mass is 617 g/mol. The fraction of sp³-hybridized carbons (Fsp3) is 0.355. The lowest BCUT2D eigenvalue weighted by Crippen LogP contribution is -2.52. The highest BCUT2D eigenvalue weighted by Gasteiger charge is 2.31. The molecule has 3 aromatic rings. The van der Waals surface area contributed by atoms with E-state index >= 15 is 0 Å². The highest BCUT2D eigenvalue weighted by Crippen LogP contribution is 2.25. The van der Waals surface area contributed by atoms with Crippen LogP contribution in [0.15, 0.2) is 83.8 Å². The van der Waals surface area contributed by atoms with E-state index in [1.54, 1.807) is 53.4 Å². The van der Waals surface area contributed by atoms with E-state index in [1.165, 1.54) is 11.4 Å². The minimum Gasteiger partial charge on any atom is -0.352 e. The molecule has 0 radical (unpaired) electrons. The second-order valence-corrected chi connectivity index (χ2v) is 12.9. The number of nitrogens with zero attached hydrogens (tertiary/aromatic N) is 2. The molecule has 10 heteroatoms. The number of benzene rings is 3. The molecule has 0 heterocycles. The highest BCUT2D eigenvalue weighted by atomic mass is 35.5. The van der Waals surface area contributed by atoms with Crippen molar-refractivity contribution >= 4 is 45.0 Å². The van der Waals surface area contributed by atoms with Gasteiger partial charge < -0.3 is 10.2 Å². The summed E-state index contributed by atoms with van der Waals surface area (Å²) in [4.78, 5) is 29.2. The van der Waals surface area contributed by atoms with Gasteiger partial charge in [0.05, 0.1) is 14.9 Å². The Kier molecular flexibility index (Phi) is 12.2. The van der Waals surface area contributed by atoms with Gasteiger partial charge in [-0.3, -0.25) is 9.59 Å². The number of halogens is 2. The first kappa shape index (κ1) is 32.6. The van der Waals surface area contributed by atoms with Crippen molar-refractivity contribution in [2.75, 3.05) is 13.6 Å². The average molecular weight is 619 g/mol. The molecule has 0 aliphatic heterocycles. The minimum absolute atomic E-state index is 0.0534. The zero-order valence-electron chi connectivity index (χ0n) is 23.6. The summed E-state index contributed by atoms with van der Waals surface area (Å²) >= 11 is 12.4. The molecule has 3 aromatic carbocycles. The molecule has 2 amide bonds. The Morgan fingerprint density at radius 3 is 2.15 bits per heavy atom. The third-order valence-electron chi connectivity index (χ3n) is 6.92. The maximum Gasteiger partial charge on any atom is 0.243 e. The molecule has 0 aliphatic rings. The van der Waals surface area contributed by atoms with Crippen molar-refractivity contribution in [3.63, 3.8) is 0 Å². The Morgan fingerprint density at radius 2 is 1.54 bits per heavy atom. The van der Waals surface area contributed by atoms with Gasteiger partial charge in [0.25, 0.3) is 0 Å². The quantitative estimate of drug-likeness (QED) is 0.242. The Hall–Kier alpha value is -2.91. The molecule has 0 aromatic heterocycles. The summed E-state index contributed by atoms with van der Waals surface area (Å²) in [6, 6.07) is 22.0. The molecule has 7 nitrogen and oxygen atoms in total. The lowest BCUT2D eigenvalue weighted by atomic mass is 10.0. The minimum atomic E-state index is -3.68. The van der Waals surface area contributed by atoms with Crippen LogP contribution in [-0.2, 0) is 32.6 Å². The number of nitrogens with one attached hydrogen (secondary N) is 1. The number of sulfonamides is 1. The number of hydrogen-bond acceptors (Lipinski definition) is 4. The van der Waals surface area contributed by atoms with Crippen molar-refractivity contribution in [3.05, 3.63) is 100 Å². The predicted molar refractivity (Wildman–Crippen MR) is 164 cm³/mol. The zero-order chi connectivity index (χ0) is 30.0. The van der Waals surface area contributed by atoms with Crippen molar-refractivity contribution in [1.29, 1.82) is 0 Å². The maximum atomic E-state index is 13.8. The lowest BCUT2D eigenvalue weighted by molar-refractivity contribution is -0.141. The van der Waals surface area contributed by atoms with Crippen LogP contribution in [0.25, 0.3) is 0 Å². The van der Waals surface area contributed by atoms with Gasteiger partial charge >= 0.3 is 0 Å². The van der Waals surface area contributed by atoms with E-state index in [9.17, 15) is 18.0 Å². The summed E-state index contributed by atoms with van der Waals surface area (Å²) < 4.78 is 27.1. The first-order valence-electron chi connectivity index (χ1n) is 13.6. The maximum absolute atomic E-state index is 13.8. The van der Waals surface area contributed by atoms with E-state index in [0.29, 0.717) is 16.5 Å². The Balaban J connectivity index is 1.86. The molecule has 0 saturated carbocycles. The van der Waals surface area contributed by atoms with Gasteiger partial charge in [0.15, 0.2) is 0 Å². The number of rotatable bonds is 14. The lowest BCUT2D eigenvalue weighted by Gasteiger charge is -2.32. The molecule has 1 N–H and O–H groups in total. The largest absolute Gasteiger partial charge is 0.352 e. The predicted octanol–water partition coefficient (Wildman–Crippen LogP) is 5.95. The second-order valence-electron chi connectivity index (χ2n) is 10.0. The number of hydrogen-bond donors (Lipinski definition) is 1. The fourth-order valence-corrected chi connectivity index (χ4v) is 5.87. The second kappa shape index (κ2) is 15.4. The van der Waals surface area contributed by atoms with E-state index in [-0.39, 0.29) is 48.7 Å². The Bertz CT molecular complexity index is 1410. The summed E-state index contributed by atoms with van der Waals surface area (Å²) in [5, 5.41) is 3.79. The van der Waals surface area contributed by atoms with Crippen molar-refractivity contribution in [1.82, 2.24) is 14.5 Å². The normalized spacial score (nSPS) is 13.0. The van der Waals surface area contributed by atoms with E-state index in [0.717, 1.165) is 17.5 Å². The summed E-state index contributed by atoms with van der Waals surface area (Å²) in [5.41, 5.74) is 1.64. The molecule has 41 heavy (non-hydrogen) atoms. The standard InChI is InChI=1S/C31H37Cl2N3O4S/c1-4-23(2)34-31(38)29(21-24-12-7-5-8-13-24)36(22-25-17-18-27(32)28(33)20-25)30(37)16-11-19-35(3)41(39,40)26-14-9-6-10-15-26/h5-10,12-15,17-18,20,23,29H,4,11,16,19,21-22H2,1-3H3,(H,34,38). The molecule has 0 saturated heterocycles. The molecule has 0 spiro atoms. The Morgan fingerprint density at radius 1 is 0.902 bits per heavy atom. The molecular formula is C31H37Cl2N3O4S. The van der Waals surface area contributed by atoms with Gasteiger partial charge in [-0.05, 0) is 55.2 Å². The van der Waals surface area contributed by atoms with Gasteiger partial charge in [-0.1, -0.05) is 84.7 Å². The van der Waals surface area contributed by atoms with Crippen LogP contribution in [0.1, 0.15) is 44.2 Å². The van der Waals surface area contributed by atoms with Gasteiger partial charge in [-0.25, -0.2) is 12.7 Å². The summed E-state index contributed by atoms with van der Waals surface area (Å²) in [6.45, 7) is 4.19. The van der Waals surface area contributed by atoms with Crippen molar-refractivity contribution in [2.24, 2.45) is 0 Å². The molecule has 0 aliphatic carbocycles. The van der Waals surface area contributed by atoms with Gasteiger partial charge in [-0.15, -0.1) is 0 Å². The molecule has 3 rings (SSSR count). The summed E-state index contributed by atoms with van der Waals surface area (Å²) in [7, 11) is -2.19. The summed E-state index contributed by atoms with van der Waals surface area (Å²) in [6.07, 6.45) is 1.40. The van der Waals surface area contributed by atoms with Crippen LogP contribution in [0.2, 0.25) is 10.0 Å². The fourth-order valence-electron chi connectivity index (χ4n) is 4.32.